The summed E-state index contributed by atoms with van der Waals surface area (Å²) in [6, 6.07) is 56.7. The Morgan fingerprint density at radius 1 is 0.408 bits per heavy atom. The molecule has 0 fully saturated rings. The van der Waals surface area contributed by atoms with Crippen LogP contribution in [0.15, 0.2) is 170 Å². The Morgan fingerprint density at radius 3 is 1.71 bits per heavy atom. The smallest absolute Gasteiger partial charge is 0.160 e. The van der Waals surface area contributed by atoms with Gasteiger partial charge in [-0.1, -0.05) is 140 Å². The number of thiazole rings is 1. The van der Waals surface area contributed by atoms with E-state index in [1.165, 1.54) is 21.2 Å². The van der Waals surface area contributed by atoms with Gasteiger partial charge in [0.1, 0.15) is 5.01 Å². The summed E-state index contributed by atoms with van der Waals surface area (Å²) in [5, 5.41) is 3.31. The minimum absolute atomic E-state index is 0.673. The van der Waals surface area contributed by atoms with Crippen LogP contribution in [0, 0.1) is 0 Å². The van der Waals surface area contributed by atoms with Crippen LogP contribution in [0.25, 0.3) is 87.8 Å². The number of benzene rings is 6. The summed E-state index contributed by atoms with van der Waals surface area (Å²) in [6.45, 7) is 0. The minimum Gasteiger partial charge on any atom is -0.256 e. The average molecular weight is 645 g/mol. The number of fused-ring (bicyclic) bond motifs is 2. The molecule has 0 saturated carbocycles. The van der Waals surface area contributed by atoms with Crippen molar-refractivity contribution in [1.29, 1.82) is 0 Å². The van der Waals surface area contributed by atoms with Gasteiger partial charge in [0, 0.05) is 39.4 Å². The predicted molar refractivity (Wildman–Crippen MR) is 203 cm³/mol. The fraction of sp³-hybridized carbons (Fsp3) is 0. The Labute approximate surface area is 288 Å². The van der Waals surface area contributed by atoms with E-state index < -0.39 is 0 Å². The lowest BCUT2D eigenvalue weighted by atomic mass is 10.0. The molecule has 9 rings (SSSR count). The predicted octanol–water partition coefficient (Wildman–Crippen LogP) is 11.6. The second-order valence-electron chi connectivity index (χ2n) is 11.9. The van der Waals surface area contributed by atoms with Crippen LogP contribution in [0.3, 0.4) is 0 Å². The van der Waals surface area contributed by atoms with E-state index in [2.05, 4.69) is 146 Å². The van der Waals surface area contributed by atoms with E-state index in [9.17, 15) is 0 Å². The maximum absolute atomic E-state index is 5.11. The molecular formula is C44H28N4S. The summed E-state index contributed by atoms with van der Waals surface area (Å²) >= 11 is 1.71. The summed E-state index contributed by atoms with van der Waals surface area (Å²) in [5.74, 6) is 0.673. The highest BCUT2D eigenvalue weighted by Crippen LogP contribution is 2.34. The molecule has 0 aliphatic heterocycles. The van der Waals surface area contributed by atoms with Crippen LogP contribution in [0.5, 0.6) is 0 Å². The van der Waals surface area contributed by atoms with Crippen LogP contribution in [-0.2, 0) is 0 Å². The molecule has 0 atom stereocenters. The molecule has 0 spiro atoms. The van der Waals surface area contributed by atoms with Crippen LogP contribution in [0.1, 0.15) is 0 Å². The van der Waals surface area contributed by atoms with Gasteiger partial charge in [-0.05, 0) is 40.8 Å². The van der Waals surface area contributed by atoms with Crippen LogP contribution < -0.4 is 0 Å². The summed E-state index contributed by atoms with van der Waals surface area (Å²) in [4.78, 5) is 19.8. The summed E-state index contributed by atoms with van der Waals surface area (Å²) in [6.07, 6.45) is 1.87. The maximum atomic E-state index is 5.11. The number of pyridine rings is 1. The zero-order valence-electron chi connectivity index (χ0n) is 26.4. The molecule has 0 bridgehead atoms. The van der Waals surface area contributed by atoms with Gasteiger partial charge >= 0.3 is 0 Å². The van der Waals surface area contributed by atoms with Crippen molar-refractivity contribution >= 4 is 32.3 Å². The standard InChI is InChI=1S/C44H28N4S/c1-2-8-29(9-3-1)30-14-16-32(17-15-30)39-28-40(33-18-24-36(25-19-33)44-48-38-12-6-7-13-41(38)49-44)47-43(46-39)35-22-20-34(21-23-35)42-37-11-5-4-10-31(37)26-27-45-42/h1-28H. The largest absolute Gasteiger partial charge is 0.256 e. The van der Waals surface area contributed by atoms with Crippen molar-refractivity contribution in [1.82, 2.24) is 19.9 Å². The normalized spacial score (nSPS) is 11.3. The van der Waals surface area contributed by atoms with Crippen molar-refractivity contribution in [3.8, 4) is 66.9 Å². The molecule has 0 saturated heterocycles. The average Bonchev–Trinajstić information content (AvgIpc) is 3.63. The summed E-state index contributed by atoms with van der Waals surface area (Å²) in [5.41, 5.74) is 11.2. The van der Waals surface area contributed by atoms with Gasteiger partial charge in [0.2, 0.25) is 0 Å². The molecule has 6 aromatic carbocycles. The second kappa shape index (κ2) is 12.4. The molecule has 49 heavy (non-hydrogen) atoms. The molecule has 0 aliphatic carbocycles. The molecule has 3 aromatic heterocycles. The number of rotatable bonds is 6. The molecule has 4 nitrogen and oxygen atoms in total. The third-order valence-corrected chi connectivity index (χ3v) is 9.91. The van der Waals surface area contributed by atoms with Crippen LogP contribution in [0.4, 0.5) is 0 Å². The topological polar surface area (TPSA) is 51.6 Å². The number of hydrogen-bond donors (Lipinski definition) is 0. The SMILES string of the molecule is c1ccc(-c2ccc(-c3cc(-c4ccc(-c5nc6ccccc6s5)cc4)nc(-c4ccc(-c5nccc6ccccc56)cc4)n3)cc2)cc1. The van der Waals surface area contributed by atoms with E-state index >= 15 is 0 Å². The van der Waals surface area contributed by atoms with Gasteiger partial charge in [0.15, 0.2) is 5.82 Å². The highest BCUT2D eigenvalue weighted by atomic mass is 32.1. The molecule has 9 aromatic rings. The zero-order valence-corrected chi connectivity index (χ0v) is 27.2. The number of para-hydroxylation sites is 1. The lowest BCUT2D eigenvalue weighted by Crippen LogP contribution is -1.96. The Morgan fingerprint density at radius 2 is 0.980 bits per heavy atom. The third-order valence-electron chi connectivity index (χ3n) is 8.83. The Balaban J connectivity index is 1.11. The van der Waals surface area contributed by atoms with Crippen molar-refractivity contribution in [3.05, 3.63) is 170 Å². The fourth-order valence-electron chi connectivity index (χ4n) is 6.24. The van der Waals surface area contributed by atoms with E-state index in [4.69, 9.17) is 19.9 Å². The first kappa shape index (κ1) is 28.9. The second-order valence-corrected chi connectivity index (χ2v) is 13.0. The van der Waals surface area contributed by atoms with Gasteiger partial charge in [-0.3, -0.25) is 4.98 Å². The molecule has 0 N–H and O–H groups in total. The summed E-state index contributed by atoms with van der Waals surface area (Å²) in [7, 11) is 0. The molecule has 230 valence electrons. The van der Waals surface area contributed by atoms with E-state index in [0.717, 1.165) is 60.8 Å². The maximum Gasteiger partial charge on any atom is 0.160 e. The number of hydrogen-bond acceptors (Lipinski definition) is 5. The van der Waals surface area contributed by atoms with Gasteiger partial charge in [0.05, 0.1) is 27.3 Å². The third kappa shape index (κ3) is 5.67. The molecule has 0 amide bonds. The number of aromatic nitrogens is 4. The highest BCUT2D eigenvalue weighted by Gasteiger charge is 2.13. The Hall–Kier alpha value is -6.30. The van der Waals surface area contributed by atoms with Crippen molar-refractivity contribution in [2.45, 2.75) is 0 Å². The zero-order chi connectivity index (χ0) is 32.6. The van der Waals surface area contributed by atoms with Crippen molar-refractivity contribution in [2.75, 3.05) is 0 Å². The number of nitrogens with zero attached hydrogens (tertiary/aromatic N) is 4. The molecule has 0 aliphatic rings. The van der Waals surface area contributed by atoms with Gasteiger partial charge in [-0.25, -0.2) is 15.0 Å². The highest BCUT2D eigenvalue weighted by molar-refractivity contribution is 7.21. The molecular weight excluding hydrogens is 617 g/mol. The van der Waals surface area contributed by atoms with Gasteiger partial charge < -0.3 is 0 Å². The van der Waals surface area contributed by atoms with Crippen LogP contribution in [-0.4, -0.2) is 19.9 Å². The lowest BCUT2D eigenvalue weighted by Gasteiger charge is -2.11. The first-order valence-corrected chi connectivity index (χ1v) is 17.0. The molecule has 3 heterocycles. The van der Waals surface area contributed by atoms with E-state index in [1.54, 1.807) is 11.3 Å². The quantitative estimate of drug-likeness (QED) is 0.181. The van der Waals surface area contributed by atoms with E-state index in [0.29, 0.717) is 5.82 Å². The van der Waals surface area contributed by atoms with Gasteiger partial charge in [0.25, 0.3) is 0 Å². The lowest BCUT2D eigenvalue weighted by molar-refractivity contribution is 1.18. The first-order valence-electron chi connectivity index (χ1n) is 16.2. The summed E-state index contributed by atoms with van der Waals surface area (Å²) < 4.78 is 1.19. The van der Waals surface area contributed by atoms with E-state index in [1.807, 2.05) is 24.4 Å². The monoisotopic (exact) mass is 644 g/mol. The minimum atomic E-state index is 0.673. The first-order chi connectivity index (χ1) is 24.2. The Kier molecular flexibility index (Phi) is 7.30. The molecule has 5 heteroatoms. The van der Waals surface area contributed by atoms with Crippen LogP contribution in [0.2, 0.25) is 0 Å². The van der Waals surface area contributed by atoms with E-state index in [-0.39, 0.29) is 0 Å². The molecule has 0 radical (unpaired) electrons. The van der Waals surface area contributed by atoms with Crippen molar-refractivity contribution in [2.24, 2.45) is 0 Å². The van der Waals surface area contributed by atoms with Crippen molar-refractivity contribution in [3.63, 3.8) is 0 Å². The van der Waals surface area contributed by atoms with Crippen LogP contribution >= 0.6 is 11.3 Å². The van der Waals surface area contributed by atoms with Gasteiger partial charge in [-0.2, -0.15) is 0 Å². The van der Waals surface area contributed by atoms with Crippen molar-refractivity contribution < 1.29 is 0 Å². The molecule has 0 unspecified atom stereocenters. The Bertz CT molecular complexity index is 2540. The van der Waals surface area contributed by atoms with Gasteiger partial charge in [-0.15, -0.1) is 11.3 Å². The fourth-order valence-corrected chi connectivity index (χ4v) is 7.21.